The highest BCUT2D eigenvalue weighted by Crippen LogP contribution is 2.33. The molecule has 1 aliphatic heterocycles. The largest absolute Gasteiger partial charge is 0.496 e. The lowest BCUT2D eigenvalue weighted by Gasteiger charge is -2.31. The van der Waals surface area contributed by atoms with Crippen LogP contribution in [0.5, 0.6) is 5.75 Å². The van der Waals surface area contributed by atoms with Gasteiger partial charge in [0.2, 0.25) is 0 Å². The fourth-order valence-corrected chi connectivity index (χ4v) is 3.17. The molecule has 1 aliphatic rings. The van der Waals surface area contributed by atoms with Crippen LogP contribution in [0.1, 0.15) is 35.7 Å². The maximum absolute atomic E-state index is 14.1. The molecule has 6 heteroatoms. The Morgan fingerprint density at radius 3 is 2.65 bits per heavy atom. The topological polar surface area (TPSA) is 66.2 Å². The first-order valence-corrected chi connectivity index (χ1v) is 8.56. The molecule has 1 aromatic carbocycles. The number of hydrogen-bond donors (Lipinski definition) is 0. The van der Waals surface area contributed by atoms with Crippen molar-refractivity contribution in [2.75, 3.05) is 25.1 Å². The van der Waals surface area contributed by atoms with Crippen LogP contribution in [0.4, 0.5) is 10.2 Å². The van der Waals surface area contributed by atoms with Gasteiger partial charge in [-0.2, -0.15) is 5.26 Å². The number of carbonyl (C=O) groups is 1. The molecule has 5 nitrogen and oxygen atoms in total. The second-order valence-electron chi connectivity index (χ2n) is 6.54. The van der Waals surface area contributed by atoms with E-state index >= 15 is 0 Å². The number of nitriles is 1. The average Bonchev–Trinajstić information content (AvgIpc) is 2.67. The van der Waals surface area contributed by atoms with Gasteiger partial charge in [0, 0.05) is 24.7 Å². The summed E-state index contributed by atoms with van der Waals surface area (Å²) in [4.78, 5) is 18.4. The van der Waals surface area contributed by atoms with Crippen LogP contribution < -0.4 is 9.64 Å². The zero-order valence-corrected chi connectivity index (χ0v) is 14.8. The summed E-state index contributed by atoms with van der Waals surface area (Å²) < 4.78 is 19.5. The van der Waals surface area contributed by atoms with Gasteiger partial charge in [-0.3, -0.25) is 4.79 Å². The number of methoxy groups -OCH3 is 1. The van der Waals surface area contributed by atoms with Gasteiger partial charge in [-0.25, -0.2) is 9.37 Å². The molecule has 0 bridgehead atoms. The van der Waals surface area contributed by atoms with Gasteiger partial charge in [0.1, 0.15) is 23.5 Å². The molecule has 1 fully saturated rings. The van der Waals surface area contributed by atoms with E-state index in [1.165, 1.54) is 19.2 Å². The van der Waals surface area contributed by atoms with Crippen LogP contribution >= 0.6 is 0 Å². The minimum atomic E-state index is -0.639. The number of aromatic nitrogens is 1. The third-order valence-electron chi connectivity index (χ3n) is 4.82. The van der Waals surface area contributed by atoms with Gasteiger partial charge < -0.3 is 9.64 Å². The number of ether oxygens (including phenoxy) is 1. The second kappa shape index (κ2) is 7.52. The maximum atomic E-state index is 14.1. The van der Waals surface area contributed by atoms with E-state index in [0.717, 1.165) is 25.9 Å². The van der Waals surface area contributed by atoms with E-state index < -0.39 is 5.82 Å². The Kier molecular flexibility index (Phi) is 5.17. The summed E-state index contributed by atoms with van der Waals surface area (Å²) in [7, 11) is 1.49. The molecule has 134 valence electrons. The second-order valence-corrected chi connectivity index (χ2v) is 6.54. The van der Waals surface area contributed by atoms with Gasteiger partial charge in [0.05, 0.1) is 23.9 Å². The van der Waals surface area contributed by atoms with Crippen molar-refractivity contribution in [3.05, 3.63) is 41.2 Å². The Morgan fingerprint density at radius 2 is 2.08 bits per heavy atom. The molecule has 0 amide bonds. The van der Waals surface area contributed by atoms with Crippen molar-refractivity contribution in [1.29, 1.82) is 5.26 Å². The fraction of sp³-hybridized carbons (Fsp3) is 0.350. The Labute approximate surface area is 152 Å². The van der Waals surface area contributed by atoms with Crippen LogP contribution in [0.25, 0.3) is 11.3 Å². The van der Waals surface area contributed by atoms with Crippen LogP contribution in [0, 0.1) is 23.1 Å². The van der Waals surface area contributed by atoms with Gasteiger partial charge in [-0.05, 0) is 30.9 Å². The van der Waals surface area contributed by atoms with Crippen LogP contribution in [-0.4, -0.2) is 31.5 Å². The number of hydrogen-bond acceptors (Lipinski definition) is 5. The lowest BCUT2D eigenvalue weighted by atomic mass is 9.99. The Balaban J connectivity index is 2.11. The quantitative estimate of drug-likeness (QED) is 0.782. The number of aldehydes is 1. The monoisotopic (exact) mass is 353 g/mol. The third kappa shape index (κ3) is 3.38. The van der Waals surface area contributed by atoms with Crippen molar-refractivity contribution in [1.82, 2.24) is 4.98 Å². The zero-order valence-electron chi connectivity index (χ0n) is 14.8. The number of benzene rings is 1. The molecule has 0 N–H and O–H groups in total. The van der Waals surface area contributed by atoms with Crippen molar-refractivity contribution in [2.24, 2.45) is 5.92 Å². The number of pyridine rings is 1. The molecular formula is C20H20FN3O2. The van der Waals surface area contributed by atoms with Crippen molar-refractivity contribution in [3.63, 3.8) is 0 Å². The summed E-state index contributed by atoms with van der Waals surface area (Å²) in [5, 5.41) is 8.91. The highest BCUT2D eigenvalue weighted by Gasteiger charge is 2.21. The summed E-state index contributed by atoms with van der Waals surface area (Å²) in [6, 6.07) is 7.77. The summed E-state index contributed by atoms with van der Waals surface area (Å²) in [5.41, 5.74) is 1.02. The minimum Gasteiger partial charge on any atom is -0.496 e. The first kappa shape index (κ1) is 17.9. The fourth-order valence-electron chi connectivity index (χ4n) is 3.17. The third-order valence-corrected chi connectivity index (χ3v) is 4.82. The van der Waals surface area contributed by atoms with Crippen LogP contribution in [0.15, 0.2) is 24.3 Å². The van der Waals surface area contributed by atoms with Crippen molar-refractivity contribution >= 4 is 12.1 Å². The predicted octanol–water partition coefficient (Wildman–Crippen LogP) is 3.82. The molecule has 2 heterocycles. The van der Waals surface area contributed by atoms with Gasteiger partial charge in [-0.1, -0.05) is 13.0 Å². The SMILES string of the molecule is COc1cc(N2CCC(C)CC2)nc(-c2ccc(C#N)c(F)c2)c1C=O. The minimum absolute atomic E-state index is 0.0467. The van der Waals surface area contributed by atoms with E-state index in [-0.39, 0.29) is 11.1 Å². The van der Waals surface area contributed by atoms with Gasteiger partial charge in [0.15, 0.2) is 6.29 Å². The number of anilines is 1. The van der Waals surface area contributed by atoms with Gasteiger partial charge >= 0.3 is 0 Å². The lowest BCUT2D eigenvalue weighted by Crippen LogP contribution is -2.33. The van der Waals surface area contributed by atoms with E-state index in [1.807, 2.05) is 0 Å². The number of carbonyl (C=O) groups excluding carboxylic acids is 1. The summed E-state index contributed by atoms with van der Waals surface area (Å²) >= 11 is 0. The highest BCUT2D eigenvalue weighted by molar-refractivity contribution is 5.90. The summed E-state index contributed by atoms with van der Waals surface area (Å²) in [6.45, 7) is 3.98. The van der Waals surface area contributed by atoms with E-state index in [1.54, 1.807) is 18.2 Å². The molecule has 0 spiro atoms. The molecule has 0 unspecified atom stereocenters. The van der Waals surface area contributed by atoms with E-state index in [9.17, 15) is 9.18 Å². The Hall–Kier alpha value is -2.94. The van der Waals surface area contributed by atoms with E-state index in [0.29, 0.717) is 35.0 Å². The number of rotatable bonds is 4. The lowest BCUT2D eigenvalue weighted by molar-refractivity contribution is 0.112. The van der Waals surface area contributed by atoms with E-state index in [4.69, 9.17) is 10.00 Å². The van der Waals surface area contributed by atoms with Gasteiger partial charge in [0.25, 0.3) is 0 Å². The van der Waals surface area contributed by atoms with Crippen LogP contribution in [0.2, 0.25) is 0 Å². The van der Waals surface area contributed by atoms with Crippen LogP contribution in [0.3, 0.4) is 0 Å². The Bertz CT molecular complexity index is 868. The van der Waals surface area contributed by atoms with E-state index in [2.05, 4.69) is 16.8 Å². The van der Waals surface area contributed by atoms with Crippen LogP contribution in [-0.2, 0) is 0 Å². The average molecular weight is 353 g/mol. The van der Waals surface area contributed by atoms with Crippen molar-refractivity contribution in [2.45, 2.75) is 19.8 Å². The molecule has 1 aromatic heterocycles. The smallest absolute Gasteiger partial charge is 0.155 e. The molecular weight excluding hydrogens is 333 g/mol. The standard InChI is InChI=1S/C20H20FN3O2/c1-13-5-7-24(8-6-13)19-10-18(26-2)16(12-25)20(23-19)14-3-4-15(11-22)17(21)9-14/h3-4,9-10,12-13H,5-8H2,1-2H3. The number of nitrogens with zero attached hydrogens (tertiary/aromatic N) is 3. The van der Waals surface area contributed by atoms with Crippen molar-refractivity contribution < 1.29 is 13.9 Å². The molecule has 26 heavy (non-hydrogen) atoms. The molecule has 0 aliphatic carbocycles. The molecule has 0 atom stereocenters. The molecule has 2 aromatic rings. The summed E-state index contributed by atoms with van der Waals surface area (Å²) in [5.74, 6) is 1.15. The first-order chi connectivity index (χ1) is 12.6. The number of halogens is 1. The first-order valence-electron chi connectivity index (χ1n) is 8.56. The summed E-state index contributed by atoms with van der Waals surface area (Å²) in [6.07, 6.45) is 2.81. The number of piperidine rings is 1. The van der Waals surface area contributed by atoms with Gasteiger partial charge in [-0.15, -0.1) is 0 Å². The predicted molar refractivity (Wildman–Crippen MR) is 96.9 cm³/mol. The van der Waals surface area contributed by atoms with Crippen molar-refractivity contribution in [3.8, 4) is 23.1 Å². The highest BCUT2D eigenvalue weighted by atomic mass is 19.1. The maximum Gasteiger partial charge on any atom is 0.155 e. The Morgan fingerprint density at radius 1 is 1.35 bits per heavy atom. The normalized spacial score (nSPS) is 14.8. The molecule has 3 rings (SSSR count). The molecule has 0 saturated carbocycles. The molecule has 0 radical (unpaired) electrons. The molecule has 1 saturated heterocycles. The zero-order chi connectivity index (χ0) is 18.7.